The van der Waals surface area contributed by atoms with E-state index in [1.165, 1.54) is 19.3 Å². The third-order valence-electron chi connectivity index (χ3n) is 6.30. The Morgan fingerprint density at radius 2 is 1.89 bits per heavy atom. The van der Waals surface area contributed by atoms with E-state index in [2.05, 4.69) is 14.9 Å². The van der Waals surface area contributed by atoms with Gasteiger partial charge in [0.2, 0.25) is 0 Å². The number of nitrogen functional groups attached to an aromatic ring is 1. The Hall–Kier alpha value is -1.56. The molecule has 0 amide bonds. The van der Waals surface area contributed by atoms with Gasteiger partial charge in [-0.2, -0.15) is 0 Å². The SMILES string of the molecule is Nc1nc(N2CCC3(CCCC[C@@H]3N)CC2)cnc1-c1cccc(Cl)c1Cl. The lowest BCUT2D eigenvalue weighted by Gasteiger charge is -2.48. The topological polar surface area (TPSA) is 81.1 Å². The summed E-state index contributed by atoms with van der Waals surface area (Å²) in [7, 11) is 0. The van der Waals surface area contributed by atoms with Crippen molar-refractivity contribution in [1.29, 1.82) is 0 Å². The number of benzene rings is 1. The third kappa shape index (κ3) is 3.48. The first-order valence-electron chi connectivity index (χ1n) is 9.58. The van der Waals surface area contributed by atoms with Crippen LogP contribution in [0.1, 0.15) is 38.5 Å². The maximum absolute atomic E-state index is 6.47. The second-order valence-corrected chi connectivity index (χ2v) is 8.55. The molecule has 1 saturated heterocycles. The van der Waals surface area contributed by atoms with E-state index in [4.69, 9.17) is 34.7 Å². The number of halogens is 2. The van der Waals surface area contributed by atoms with Gasteiger partial charge in [-0.25, -0.2) is 9.97 Å². The van der Waals surface area contributed by atoms with Gasteiger partial charge in [0, 0.05) is 24.7 Å². The van der Waals surface area contributed by atoms with Crippen LogP contribution in [0.3, 0.4) is 0 Å². The van der Waals surface area contributed by atoms with Crippen molar-refractivity contribution in [2.75, 3.05) is 23.7 Å². The first-order chi connectivity index (χ1) is 13.0. The van der Waals surface area contributed by atoms with Crippen LogP contribution in [0.2, 0.25) is 10.0 Å². The molecule has 0 radical (unpaired) electrons. The molecule has 144 valence electrons. The summed E-state index contributed by atoms with van der Waals surface area (Å²) >= 11 is 12.4. The third-order valence-corrected chi connectivity index (χ3v) is 7.12. The molecule has 2 aliphatic rings. The predicted octanol–water partition coefficient (Wildman–Crippen LogP) is 4.52. The van der Waals surface area contributed by atoms with E-state index < -0.39 is 0 Å². The molecular formula is C20H25Cl2N5. The second-order valence-electron chi connectivity index (χ2n) is 7.77. The first-order valence-corrected chi connectivity index (χ1v) is 10.3. The molecule has 7 heteroatoms. The number of piperidine rings is 1. The Morgan fingerprint density at radius 3 is 2.59 bits per heavy atom. The largest absolute Gasteiger partial charge is 0.382 e. The smallest absolute Gasteiger partial charge is 0.152 e. The summed E-state index contributed by atoms with van der Waals surface area (Å²) in [5.41, 5.74) is 14.3. The molecule has 0 bridgehead atoms. The summed E-state index contributed by atoms with van der Waals surface area (Å²) in [6.45, 7) is 1.89. The van der Waals surface area contributed by atoms with Gasteiger partial charge < -0.3 is 16.4 Å². The molecule has 1 saturated carbocycles. The van der Waals surface area contributed by atoms with Gasteiger partial charge in [-0.1, -0.05) is 48.2 Å². The molecule has 1 aromatic carbocycles. The highest BCUT2D eigenvalue weighted by atomic mass is 35.5. The Balaban J connectivity index is 1.53. The van der Waals surface area contributed by atoms with Gasteiger partial charge in [-0.3, -0.25) is 0 Å². The van der Waals surface area contributed by atoms with Crippen molar-refractivity contribution in [3.63, 3.8) is 0 Å². The van der Waals surface area contributed by atoms with Crippen molar-refractivity contribution >= 4 is 34.8 Å². The second kappa shape index (κ2) is 7.46. The Morgan fingerprint density at radius 1 is 1.11 bits per heavy atom. The molecule has 27 heavy (non-hydrogen) atoms. The minimum Gasteiger partial charge on any atom is -0.382 e. The lowest BCUT2D eigenvalue weighted by atomic mass is 9.65. The number of nitrogens with zero attached hydrogens (tertiary/aromatic N) is 3. The fraction of sp³-hybridized carbons (Fsp3) is 0.500. The van der Waals surface area contributed by atoms with Crippen LogP contribution in [0, 0.1) is 5.41 Å². The van der Waals surface area contributed by atoms with Crippen molar-refractivity contribution in [2.24, 2.45) is 11.1 Å². The van der Waals surface area contributed by atoms with Gasteiger partial charge in [0.15, 0.2) is 5.82 Å². The number of aromatic nitrogens is 2. The zero-order chi connectivity index (χ0) is 19.0. The molecule has 2 heterocycles. The van der Waals surface area contributed by atoms with Crippen molar-refractivity contribution in [3.05, 3.63) is 34.4 Å². The first kappa shape index (κ1) is 18.8. The van der Waals surface area contributed by atoms with Crippen LogP contribution in [0.4, 0.5) is 11.6 Å². The summed E-state index contributed by atoms with van der Waals surface area (Å²) in [6, 6.07) is 5.75. The molecule has 5 nitrogen and oxygen atoms in total. The summed E-state index contributed by atoms with van der Waals surface area (Å²) in [6.07, 6.45) is 8.97. The Bertz CT molecular complexity index is 833. The normalized spacial score (nSPS) is 22.2. The van der Waals surface area contributed by atoms with Crippen LogP contribution in [0.25, 0.3) is 11.3 Å². The van der Waals surface area contributed by atoms with Gasteiger partial charge in [0.1, 0.15) is 11.5 Å². The summed E-state index contributed by atoms with van der Waals surface area (Å²) in [5, 5.41) is 0.920. The Labute approximate surface area is 170 Å². The van der Waals surface area contributed by atoms with E-state index in [-0.39, 0.29) is 0 Å². The monoisotopic (exact) mass is 405 g/mol. The van der Waals surface area contributed by atoms with Crippen LogP contribution in [-0.4, -0.2) is 29.1 Å². The van der Waals surface area contributed by atoms with Crippen LogP contribution < -0.4 is 16.4 Å². The highest BCUT2D eigenvalue weighted by Gasteiger charge is 2.41. The lowest BCUT2D eigenvalue weighted by molar-refractivity contribution is 0.113. The molecule has 2 fully saturated rings. The molecule has 4 N–H and O–H groups in total. The predicted molar refractivity (Wildman–Crippen MR) is 112 cm³/mol. The van der Waals surface area contributed by atoms with E-state index in [0.29, 0.717) is 38.6 Å². The molecule has 0 unspecified atom stereocenters. The molecule has 1 aromatic heterocycles. The summed E-state index contributed by atoms with van der Waals surface area (Å²) in [5.74, 6) is 1.18. The van der Waals surface area contributed by atoms with Crippen molar-refractivity contribution < 1.29 is 0 Å². The van der Waals surface area contributed by atoms with Gasteiger partial charge in [0.25, 0.3) is 0 Å². The summed E-state index contributed by atoms with van der Waals surface area (Å²) in [4.78, 5) is 11.4. The maximum Gasteiger partial charge on any atom is 0.152 e. The van der Waals surface area contributed by atoms with E-state index >= 15 is 0 Å². The average molecular weight is 406 g/mol. The van der Waals surface area contributed by atoms with Crippen LogP contribution in [0.5, 0.6) is 0 Å². The van der Waals surface area contributed by atoms with Gasteiger partial charge in [0.05, 0.1) is 16.2 Å². The van der Waals surface area contributed by atoms with Crippen LogP contribution in [-0.2, 0) is 0 Å². The van der Waals surface area contributed by atoms with E-state index in [9.17, 15) is 0 Å². The van der Waals surface area contributed by atoms with Crippen molar-refractivity contribution in [1.82, 2.24) is 9.97 Å². The molecule has 1 aliphatic heterocycles. The average Bonchev–Trinajstić information content (AvgIpc) is 2.67. The zero-order valence-electron chi connectivity index (χ0n) is 15.3. The highest BCUT2D eigenvalue weighted by Crippen LogP contribution is 2.44. The Kier molecular flexibility index (Phi) is 5.19. The quantitative estimate of drug-likeness (QED) is 0.767. The van der Waals surface area contributed by atoms with Gasteiger partial charge in [-0.15, -0.1) is 0 Å². The van der Waals surface area contributed by atoms with Crippen LogP contribution in [0.15, 0.2) is 24.4 Å². The summed E-state index contributed by atoms with van der Waals surface area (Å²) < 4.78 is 0. The minimum atomic E-state index is 0.308. The van der Waals surface area contributed by atoms with Crippen LogP contribution >= 0.6 is 23.2 Å². The molecule has 2 aromatic rings. The van der Waals surface area contributed by atoms with Crippen molar-refractivity contribution in [3.8, 4) is 11.3 Å². The standard InChI is InChI=1S/C20H25Cl2N5/c21-14-5-3-4-13(17(14)22)18-19(24)26-16(12-25-18)27-10-8-20(9-11-27)7-2-1-6-15(20)23/h3-5,12,15H,1-2,6-11,23H2,(H2,24,26)/t15-/m0/s1. The van der Waals surface area contributed by atoms with E-state index in [1.807, 2.05) is 12.1 Å². The molecule has 1 atom stereocenters. The fourth-order valence-electron chi connectivity index (χ4n) is 4.58. The number of hydrogen-bond donors (Lipinski definition) is 2. The number of nitrogens with two attached hydrogens (primary N) is 2. The molecular weight excluding hydrogens is 381 g/mol. The maximum atomic E-state index is 6.47. The van der Waals surface area contributed by atoms with E-state index in [1.54, 1.807) is 12.3 Å². The number of hydrogen-bond acceptors (Lipinski definition) is 5. The van der Waals surface area contributed by atoms with Crippen molar-refractivity contribution in [2.45, 2.75) is 44.6 Å². The molecule has 4 rings (SSSR count). The van der Waals surface area contributed by atoms with Gasteiger partial charge in [-0.05, 0) is 37.2 Å². The van der Waals surface area contributed by atoms with E-state index in [0.717, 1.165) is 38.2 Å². The fourth-order valence-corrected chi connectivity index (χ4v) is 4.97. The minimum absolute atomic E-state index is 0.308. The number of rotatable bonds is 2. The molecule has 1 spiro atoms. The van der Waals surface area contributed by atoms with Gasteiger partial charge >= 0.3 is 0 Å². The molecule has 1 aliphatic carbocycles. The zero-order valence-corrected chi connectivity index (χ0v) is 16.8. The highest BCUT2D eigenvalue weighted by molar-refractivity contribution is 6.43. The lowest BCUT2D eigenvalue weighted by Crippen LogP contribution is -2.51. The number of anilines is 2.